The molecule has 1 N–H and O–H groups in total. The van der Waals surface area contributed by atoms with Crippen molar-refractivity contribution in [1.82, 2.24) is 5.32 Å². The molecule has 0 radical (unpaired) electrons. The molecule has 0 aliphatic rings. The number of amides is 1. The van der Waals surface area contributed by atoms with Gasteiger partial charge in [-0.05, 0) is 47.5 Å². The molecule has 0 heterocycles. The summed E-state index contributed by atoms with van der Waals surface area (Å²) in [5.74, 6) is 0.645. The predicted molar refractivity (Wildman–Crippen MR) is 131 cm³/mol. The molecule has 35 heavy (non-hydrogen) atoms. The minimum absolute atomic E-state index is 0.209. The highest BCUT2D eigenvalue weighted by Gasteiger charge is 2.22. The standard InChI is InChI=1S/C25H27FN2O6S/c1-32-23-13-10-21(14-24(23)33-2)28(35(3,30)31)16-25(29)27-15-18-6-11-22(12-7-18)34-17-19-4-8-20(26)9-5-19/h4-14H,15-17H2,1-3H3,(H,27,29). The van der Waals surface area contributed by atoms with Crippen LogP contribution < -0.4 is 23.8 Å². The van der Waals surface area contributed by atoms with Gasteiger partial charge in [0.15, 0.2) is 11.5 Å². The molecule has 0 spiro atoms. The van der Waals surface area contributed by atoms with Gasteiger partial charge in [-0.1, -0.05) is 24.3 Å². The van der Waals surface area contributed by atoms with Crippen LogP contribution in [0.4, 0.5) is 10.1 Å². The van der Waals surface area contributed by atoms with E-state index in [9.17, 15) is 17.6 Å². The molecule has 0 fully saturated rings. The number of sulfonamides is 1. The second-order valence-electron chi connectivity index (χ2n) is 7.64. The molecule has 0 aliphatic carbocycles. The number of hydrogen-bond donors (Lipinski definition) is 1. The van der Waals surface area contributed by atoms with Crippen LogP contribution in [0.5, 0.6) is 17.2 Å². The van der Waals surface area contributed by atoms with Crippen molar-refractivity contribution >= 4 is 21.6 Å². The van der Waals surface area contributed by atoms with Crippen LogP contribution in [-0.2, 0) is 28.0 Å². The van der Waals surface area contributed by atoms with Crippen LogP contribution >= 0.6 is 0 Å². The maximum atomic E-state index is 13.0. The lowest BCUT2D eigenvalue weighted by Crippen LogP contribution is -2.40. The number of carbonyl (C=O) groups excluding carboxylic acids is 1. The van der Waals surface area contributed by atoms with Crippen molar-refractivity contribution in [2.24, 2.45) is 0 Å². The quantitative estimate of drug-likeness (QED) is 0.431. The van der Waals surface area contributed by atoms with Crippen LogP contribution in [0.1, 0.15) is 11.1 Å². The Hall–Kier alpha value is -3.79. The lowest BCUT2D eigenvalue weighted by molar-refractivity contribution is -0.119. The van der Waals surface area contributed by atoms with Crippen molar-refractivity contribution < 1.29 is 31.8 Å². The zero-order chi connectivity index (χ0) is 25.4. The lowest BCUT2D eigenvalue weighted by atomic mass is 10.2. The van der Waals surface area contributed by atoms with Gasteiger partial charge in [0.1, 0.15) is 24.7 Å². The molecule has 0 atom stereocenters. The van der Waals surface area contributed by atoms with Crippen molar-refractivity contribution in [2.45, 2.75) is 13.2 Å². The highest BCUT2D eigenvalue weighted by molar-refractivity contribution is 7.92. The number of benzene rings is 3. The Kier molecular flexibility index (Phi) is 8.53. The maximum absolute atomic E-state index is 13.0. The molecule has 8 nitrogen and oxygen atoms in total. The van der Waals surface area contributed by atoms with Gasteiger partial charge >= 0.3 is 0 Å². The first-order valence-electron chi connectivity index (χ1n) is 10.6. The SMILES string of the molecule is COc1ccc(N(CC(=O)NCc2ccc(OCc3ccc(F)cc3)cc2)S(C)(=O)=O)cc1OC. The van der Waals surface area contributed by atoms with Crippen molar-refractivity contribution in [2.75, 3.05) is 31.3 Å². The third-order valence-electron chi connectivity index (χ3n) is 5.07. The summed E-state index contributed by atoms with van der Waals surface area (Å²) in [5, 5.41) is 2.73. The molecule has 0 saturated heterocycles. The van der Waals surface area contributed by atoms with E-state index in [0.29, 0.717) is 23.9 Å². The summed E-state index contributed by atoms with van der Waals surface area (Å²) in [5.41, 5.74) is 1.93. The number of carbonyl (C=O) groups is 1. The molecule has 0 aromatic heterocycles. The van der Waals surface area contributed by atoms with Gasteiger partial charge in [-0.25, -0.2) is 12.8 Å². The van der Waals surface area contributed by atoms with Crippen LogP contribution in [0.2, 0.25) is 0 Å². The molecule has 0 bridgehead atoms. The summed E-state index contributed by atoms with van der Waals surface area (Å²) >= 11 is 0. The van der Waals surface area contributed by atoms with E-state index in [0.717, 1.165) is 21.7 Å². The van der Waals surface area contributed by atoms with E-state index in [2.05, 4.69) is 5.32 Å². The van der Waals surface area contributed by atoms with Crippen molar-refractivity contribution in [1.29, 1.82) is 0 Å². The maximum Gasteiger partial charge on any atom is 0.241 e. The van der Waals surface area contributed by atoms with Gasteiger partial charge in [0.2, 0.25) is 15.9 Å². The largest absolute Gasteiger partial charge is 0.493 e. The van der Waals surface area contributed by atoms with E-state index >= 15 is 0 Å². The molecule has 3 aromatic carbocycles. The molecule has 1 amide bonds. The van der Waals surface area contributed by atoms with Gasteiger partial charge in [0, 0.05) is 12.6 Å². The minimum atomic E-state index is -3.74. The zero-order valence-corrected chi connectivity index (χ0v) is 20.5. The van der Waals surface area contributed by atoms with Crippen molar-refractivity contribution in [3.63, 3.8) is 0 Å². The summed E-state index contributed by atoms with van der Waals surface area (Å²) in [6, 6.07) is 17.8. The minimum Gasteiger partial charge on any atom is -0.493 e. The van der Waals surface area contributed by atoms with Crippen LogP contribution in [0.25, 0.3) is 0 Å². The van der Waals surface area contributed by atoms with Crippen LogP contribution in [0.3, 0.4) is 0 Å². The van der Waals surface area contributed by atoms with E-state index in [4.69, 9.17) is 14.2 Å². The van der Waals surface area contributed by atoms with Crippen LogP contribution in [-0.4, -0.2) is 41.3 Å². The number of methoxy groups -OCH3 is 2. The molecule has 3 rings (SSSR count). The van der Waals surface area contributed by atoms with Gasteiger partial charge in [0.05, 0.1) is 26.2 Å². The molecule has 186 valence electrons. The molecule has 10 heteroatoms. The summed E-state index contributed by atoms with van der Waals surface area (Å²) in [4.78, 5) is 12.6. The Morgan fingerprint density at radius 3 is 2.14 bits per heavy atom. The average molecular weight is 503 g/mol. The first-order chi connectivity index (χ1) is 16.7. The van der Waals surface area contributed by atoms with Gasteiger partial charge in [0.25, 0.3) is 0 Å². The second-order valence-corrected chi connectivity index (χ2v) is 9.55. The zero-order valence-electron chi connectivity index (χ0n) is 19.7. The summed E-state index contributed by atoms with van der Waals surface area (Å²) in [7, 11) is -0.821. The van der Waals surface area contributed by atoms with E-state index in [-0.39, 0.29) is 18.0 Å². The smallest absolute Gasteiger partial charge is 0.241 e. The molecular weight excluding hydrogens is 475 g/mol. The van der Waals surface area contributed by atoms with Crippen LogP contribution in [0, 0.1) is 5.82 Å². The van der Waals surface area contributed by atoms with E-state index < -0.39 is 22.5 Å². The van der Waals surface area contributed by atoms with Gasteiger partial charge in [-0.2, -0.15) is 0 Å². The Bertz CT molecular complexity index is 1250. The molecular formula is C25H27FN2O6S. The van der Waals surface area contributed by atoms with E-state index in [1.165, 1.54) is 32.4 Å². The Morgan fingerprint density at radius 2 is 1.54 bits per heavy atom. The summed E-state index contributed by atoms with van der Waals surface area (Å²) < 4.78 is 54.8. The molecule has 0 unspecified atom stereocenters. The molecule has 0 aliphatic heterocycles. The third-order valence-corrected chi connectivity index (χ3v) is 6.22. The topological polar surface area (TPSA) is 94.2 Å². The fourth-order valence-corrected chi connectivity index (χ4v) is 4.07. The second kappa shape index (κ2) is 11.6. The molecule has 3 aromatic rings. The number of nitrogens with one attached hydrogen (secondary N) is 1. The fourth-order valence-electron chi connectivity index (χ4n) is 3.22. The fraction of sp³-hybridized carbons (Fsp3) is 0.240. The monoisotopic (exact) mass is 502 g/mol. The van der Waals surface area contributed by atoms with Gasteiger partial charge in [-0.3, -0.25) is 9.10 Å². The normalized spacial score (nSPS) is 11.0. The van der Waals surface area contributed by atoms with Crippen molar-refractivity contribution in [3.05, 3.63) is 83.7 Å². The Balaban J connectivity index is 1.58. The number of nitrogens with zero attached hydrogens (tertiary/aromatic N) is 1. The van der Waals surface area contributed by atoms with Gasteiger partial charge in [-0.15, -0.1) is 0 Å². The summed E-state index contributed by atoms with van der Waals surface area (Å²) in [6.07, 6.45) is 1.03. The number of hydrogen-bond acceptors (Lipinski definition) is 6. The average Bonchev–Trinajstić information content (AvgIpc) is 2.85. The number of anilines is 1. The summed E-state index contributed by atoms with van der Waals surface area (Å²) in [6.45, 7) is 0.113. The Labute approximate surface area is 204 Å². The highest BCUT2D eigenvalue weighted by atomic mass is 32.2. The van der Waals surface area contributed by atoms with Crippen molar-refractivity contribution in [3.8, 4) is 17.2 Å². The van der Waals surface area contributed by atoms with E-state index in [1.54, 1.807) is 48.5 Å². The number of rotatable bonds is 11. The van der Waals surface area contributed by atoms with Gasteiger partial charge < -0.3 is 19.5 Å². The highest BCUT2D eigenvalue weighted by Crippen LogP contribution is 2.32. The third kappa shape index (κ3) is 7.35. The van der Waals surface area contributed by atoms with Crippen LogP contribution in [0.15, 0.2) is 66.7 Å². The number of halogens is 1. The lowest BCUT2D eigenvalue weighted by Gasteiger charge is -2.23. The first-order valence-corrected chi connectivity index (χ1v) is 12.5. The van der Waals surface area contributed by atoms with E-state index in [1.807, 2.05) is 0 Å². The predicted octanol–water partition coefficient (Wildman–Crippen LogP) is 3.50. The Morgan fingerprint density at radius 1 is 0.914 bits per heavy atom. The first kappa shape index (κ1) is 25.8. The number of ether oxygens (including phenoxy) is 3. The molecule has 0 saturated carbocycles.